The van der Waals surface area contributed by atoms with Crippen LogP contribution in [0, 0.1) is 18.6 Å². The van der Waals surface area contributed by atoms with Gasteiger partial charge in [0.05, 0.1) is 17.1 Å². The Kier molecular flexibility index (Phi) is 5.47. The van der Waals surface area contributed by atoms with E-state index < -0.39 is 17.5 Å². The zero-order valence-electron chi connectivity index (χ0n) is 19.6. The quantitative estimate of drug-likeness (QED) is 0.485. The molecule has 8 nitrogen and oxygen atoms in total. The fraction of sp³-hybridized carbons (Fsp3) is 0.375. The smallest absolute Gasteiger partial charge is 0.260 e. The van der Waals surface area contributed by atoms with Crippen LogP contribution in [0.5, 0.6) is 0 Å². The number of benzene rings is 1. The van der Waals surface area contributed by atoms with Crippen LogP contribution >= 0.6 is 0 Å². The molecule has 10 heteroatoms. The number of aromatic nitrogens is 4. The van der Waals surface area contributed by atoms with Gasteiger partial charge in [-0.25, -0.2) is 13.8 Å². The maximum absolute atomic E-state index is 15.5. The van der Waals surface area contributed by atoms with Crippen LogP contribution in [0.4, 0.5) is 20.2 Å². The van der Waals surface area contributed by atoms with Gasteiger partial charge in [-0.15, -0.1) is 0 Å². The molecule has 1 aliphatic rings. The molecule has 34 heavy (non-hydrogen) atoms. The van der Waals surface area contributed by atoms with E-state index in [0.717, 1.165) is 30.6 Å². The average Bonchev–Trinajstić information content (AvgIpc) is 3.50. The monoisotopic (exact) mass is 467 g/mol. The van der Waals surface area contributed by atoms with E-state index in [9.17, 15) is 9.18 Å². The molecule has 1 fully saturated rings. The summed E-state index contributed by atoms with van der Waals surface area (Å²) >= 11 is 0. The summed E-state index contributed by atoms with van der Waals surface area (Å²) in [7, 11) is 4.08. The molecular formula is C24H27F2N7O. The number of halogens is 2. The first-order chi connectivity index (χ1) is 16.2. The van der Waals surface area contributed by atoms with Crippen molar-refractivity contribution in [1.82, 2.24) is 24.1 Å². The molecule has 1 amide bonds. The molecule has 0 unspecified atom stereocenters. The molecule has 3 aromatic heterocycles. The zero-order valence-corrected chi connectivity index (χ0v) is 19.6. The van der Waals surface area contributed by atoms with Gasteiger partial charge >= 0.3 is 0 Å². The van der Waals surface area contributed by atoms with Crippen LogP contribution in [0.2, 0.25) is 0 Å². The molecule has 5 rings (SSSR count). The molecule has 4 aromatic rings. The van der Waals surface area contributed by atoms with Crippen LogP contribution < -0.4 is 10.2 Å². The van der Waals surface area contributed by atoms with Crippen molar-refractivity contribution in [2.45, 2.75) is 32.9 Å². The number of fused-ring (bicyclic) bond motifs is 2. The molecule has 0 saturated carbocycles. The Morgan fingerprint density at radius 2 is 2.00 bits per heavy atom. The summed E-state index contributed by atoms with van der Waals surface area (Å²) < 4.78 is 33.1. The first-order valence-electron chi connectivity index (χ1n) is 11.3. The van der Waals surface area contributed by atoms with Crippen molar-refractivity contribution in [2.75, 3.05) is 37.4 Å². The maximum Gasteiger partial charge on any atom is 0.260 e. The highest BCUT2D eigenvalue weighted by Crippen LogP contribution is 2.34. The van der Waals surface area contributed by atoms with Crippen molar-refractivity contribution >= 4 is 33.8 Å². The number of nitrogens with zero attached hydrogens (tertiary/aromatic N) is 6. The van der Waals surface area contributed by atoms with Gasteiger partial charge in [0.25, 0.3) is 5.91 Å². The first-order valence-corrected chi connectivity index (χ1v) is 11.3. The van der Waals surface area contributed by atoms with Crippen LogP contribution in [0.25, 0.3) is 16.6 Å². The first kappa shape index (κ1) is 22.3. The molecule has 1 aromatic carbocycles. The van der Waals surface area contributed by atoms with Crippen LogP contribution in [0.3, 0.4) is 0 Å². The molecule has 178 valence electrons. The van der Waals surface area contributed by atoms with E-state index in [1.165, 1.54) is 16.5 Å². The predicted octanol–water partition coefficient (Wildman–Crippen LogP) is 3.68. The summed E-state index contributed by atoms with van der Waals surface area (Å²) in [6.45, 7) is 5.84. The Morgan fingerprint density at radius 1 is 1.21 bits per heavy atom. The number of likely N-dealkylation sites (N-methyl/N-ethyl adjacent to an activating group) is 1. The number of aryl methyl sites for hydroxylation is 2. The second-order valence-corrected chi connectivity index (χ2v) is 9.00. The molecule has 1 N–H and O–H groups in total. The number of hydrogen-bond donors (Lipinski definition) is 1. The highest BCUT2D eigenvalue weighted by Gasteiger charge is 2.29. The summed E-state index contributed by atoms with van der Waals surface area (Å²) in [6, 6.07) is 2.97. The topological polar surface area (TPSA) is 70.7 Å². The lowest BCUT2D eigenvalue weighted by Gasteiger charge is -2.23. The number of carbonyl (C=O) groups is 1. The Balaban J connectivity index is 1.54. The zero-order chi connectivity index (χ0) is 24.1. The second-order valence-electron chi connectivity index (χ2n) is 9.00. The lowest BCUT2D eigenvalue weighted by Crippen LogP contribution is -2.31. The third-order valence-corrected chi connectivity index (χ3v) is 6.45. The minimum atomic E-state index is -0.682. The molecule has 0 bridgehead atoms. The number of pyridine rings is 1. The van der Waals surface area contributed by atoms with Crippen molar-refractivity contribution in [2.24, 2.45) is 0 Å². The lowest BCUT2D eigenvalue weighted by atomic mass is 10.1. The Hall–Kier alpha value is -3.53. The number of carbonyl (C=O) groups excluding carboxylic acids is 1. The van der Waals surface area contributed by atoms with Crippen molar-refractivity contribution in [1.29, 1.82) is 0 Å². The van der Waals surface area contributed by atoms with Gasteiger partial charge in [-0.2, -0.15) is 5.10 Å². The third-order valence-electron chi connectivity index (χ3n) is 6.45. The normalized spacial score (nSPS) is 16.3. The fourth-order valence-corrected chi connectivity index (χ4v) is 4.64. The highest BCUT2D eigenvalue weighted by molar-refractivity contribution is 6.14. The molecule has 1 aliphatic heterocycles. The summed E-state index contributed by atoms with van der Waals surface area (Å²) in [4.78, 5) is 21.6. The van der Waals surface area contributed by atoms with Crippen molar-refractivity contribution < 1.29 is 13.6 Å². The SMILES string of the molecule is CCn1cc2c(N3CC[C@@H](N(C)C)C3)cc(F)c(C(=O)Nc3cc(F)c4nc(C)cn4c3)c2n1. The average molecular weight is 468 g/mol. The highest BCUT2D eigenvalue weighted by atomic mass is 19.1. The van der Waals surface area contributed by atoms with E-state index in [4.69, 9.17) is 0 Å². The van der Waals surface area contributed by atoms with E-state index in [2.05, 4.69) is 25.2 Å². The van der Waals surface area contributed by atoms with Crippen molar-refractivity contribution in [3.63, 3.8) is 0 Å². The van der Waals surface area contributed by atoms with Crippen molar-refractivity contribution in [3.05, 3.63) is 53.6 Å². The summed E-state index contributed by atoms with van der Waals surface area (Å²) in [6.07, 6.45) is 6.03. The number of rotatable bonds is 5. The molecule has 0 radical (unpaired) electrons. The van der Waals surface area contributed by atoms with Crippen LogP contribution in [0.15, 0.2) is 30.7 Å². The largest absolute Gasteiger partial charge is 0.369 e. The summed E-state index contributed by atoms with van der Waals surface area (Å²) in [5, 5.41) is 7.86. The lowest BCUT2D eigenvalue weighted by molar-refractivity contribution is 0.102. The minimum Gasteiger partial charge on any atom is -0.369 e. The maximum atomic E-state index is 15.5. The predicted molar refractivity (Wildman–Crippen MR) is 128 cm³/mol. The minimum absolute atomic E-state index is 0.156. The standard InChI is InChI=1S/C24H27F2N7O/c1-5-33-13-17-20(31-7-6-16(12-31)30(3)4)9-18(25)21(22(17)29-33)24(34)28-15-8-19(26)23-27-14(2)10-32(23)11-15/h8-11,13,16H,5-7,12H2,1-4H3,(H,28,34)/t16-/m1/s1. The van der Waals surface area contributed by atoms with Gasteiger partial charge in [-0.05, 0) is 40.4 Å². The van der Waals surface area contributed by atoms with Crippen molar-refractivity contribution in [3.8, 4) is 0 Å². The van der Waals surface area contributed by atoms with E-state index in [1.807, 2.05) is 27.2 Å². The van der Waals surface area contributed by atoms with Gasteiger partial charge in [0.15, 0.2) is 11.5 Å². The number of imidazole rings is 1. The van der Waals surface area contributed by atoms with Crippen LogP contribution in [0.1, 0.15) is 29.4 Å². The number of nitrogens with one attached hydrogen (secondary N) is 1. The Bertz CT molecular complexity index is 1410. The van der Waals surface area contributed by atoms with Gasteiger partial charge < -0.3 is 19.5 Å². The number of anilines is 2. The molecule has 4 heterocycles. The second kappa shape index (κ2) is 8.35. The molecule has 1 saturated heterocycles. The molecule has 1 atom stereocenters. The number of amides is 1. The fourth-order valence-electron chi connectivity index (χ4n) is 4.64. The van der Waals surface area contributed by atoms with Crippen LogP contribution in [-0.4, -0.2) is 63.2 Å². The van der Waals surface area contributed by atoms with Gasteiger partial charge in [-0.1, -0.05) is 0 Å². The van der Waals surface area contributed by atoms with Gasteiger partial charge in [0, 0.05) is 55.7 Å². The van der Waals surface area contributed by atoms with Gasteiger partial charge in [0.2, 0.25) is 0 Å². The molecule has 0 spiro atoms. The molecule has 0 aliphatic carbocycles. The summed E-state index contributed by atoms with van der Waals surface area (Å²) in [5.74, 6) is -1.92. The van der Waals surface area contributed by atoms with E-state index >= 15 is 4.39 Å². The van der Waals surface area contributed by atoms with E-state index in [1.54, 1.807) is 24.0 Å². The van der Waals surface area contributed by atoms with E-state index in [-0.39, 0.29) is 16.9 Å². The van der Waals surface area contributed by atoms with E-state index in [0.29, 0.717) is 23.8 Å². The van der Waals surface area contributed by atoms with Gasteiger partial charge in [0.1, 0.15) is 16.9 Å². The Morgan fingerprint density at radius 3 is 2.71 bits per heavy atom. The number of hydrogen-bond acceptors (Lipinski definition) is 5. The van der Waals surface area contributed by atoms with Gasteiger partial charge in [-0.3, -0.25) is 9.48 Å². The van der Waals surface area contributed by atoms with Crippen LogP contribution in [-0.2, 0) is 6.54 Å². The molecular weight excluding hydrogens is 440 g/mol. The third kappa shape index (κ3) is 3.77. The Labute approximate surface area is 195 Å². The summed E-state index contributed by atoms with van der Waals surface area (Å²) in [5.41, 5.74) is 1.88.